The monoisotopic (exact) mass is 271 g/mol. The van der Waals surface area contributed by atoms with Gasteiger partial charge in [-0.2, -0.15) is 13.2 Å². The lowest BCUT2D eigenvalue weighted by Crippen LogP contribution is -2.29. The molecular formula is C14H16F3NO. The molecule has 5 heteroatoms. The van der Waals surface area contributed by atoms with Crippen LogP contribution in [0.25, 0.3) is 0 Å². The zero-order valence-electron chi connectivity index (χ0n) is 10.5. The Morgan fingerprint density at radius 1 is 1.21 bits per heavy atom. The molecule has 0 aromatic heterocycles. The average Bonchev–Trinajstić information content (AvgIpc) is 2.39. The number of carbonyl (C=O) groups excluding carboxylic acids is 1. The lowest BCUT2D eigenvalue weighted by atomic mass is 9.89. The summed E-state index contributed by atoms with van der Waals surface area (Å²) in [5.74, 6) is -0.213. The van der Waals surface area contributed by atoms with E-state index in [1.54, 1.807) is 0 Å². The minimum atomic E-state index is -4.47. The first-order valence-electron chi connectivity index (χ1n) is 6.38. The van der Waals surface area contributed by atoms with Crippen molar-refractivity contribution in [2.24, 2.45) is 5.92 Å². The number of nitrogens with one attached hydrogen (secondary N) is 1. The van der Waals surface area contributed by atoms with Crippen molar-refractivity contribution >= 4 is 5.78 Å². The van der Waals surface area contributed by atoms with Gasteiger partial charge in [0, 0.05) is 12.0 Å². The summed E-state index contributed by atoms with van der Waals surface area (Å²) in [5, 5.41) is 3.17. The highest BCUT2D eigenvalue weighted by Gasteiger charge is 2.35. The van der Waals surface area contributed by atoms with Crippen molar-refractivity contribution in [1.82, 2.24) is 5.32 Å². The zero-order chi connectivity index (χ0) is 13.9. The quantitative estimate of drug-likeness (QED) is 0.855. The van der Waals surface area contributed by atoms with Crippen molar-refractivity contribution in [3.63, 3.8) is 0 Å². The highest BCUT2D eigenvalue weighted by molar-refractivity contribution is 5.97. The highest BCUT2D eigenvalue weighted by Crippen LogP contribution is 2.33. The third kappa shape index (κ3) is 3.56. The second-order valence-electron chi connectivity index (χ2n) is 4.86. The first kappa shape index (κ1) is 14.1. The molecule has 1 saturated heterocycles. The highest BCUT2D eigenvalue weighted by atomic mass is 19.4. The first-order valence-corrected chi connectivity index (χ1v) is 6.38. The number of alkyl halides is 3. The average molecular weight is 271 g/mol. The van der Waals surface area contributed by atoms with Crippen LogP contribution in [-0.2, 0) is 6.18 Å². The summed E-state index contributed by atoms with van der Waals surface area (Å²) in [6, 6.07) is 5.02. The van der Waals surface area contributed by atoms with Gasteiger partial charge in [-0.25, -0.2) is 0 Å². The molecule has 0 amide bonds. The number of ketones is 1. The lowest BCUT2D eigenvalue weighted by Gasteiger charge is -2.22. The van der Waals surface area contributed by atoms with Gasteiger partial charge in [0.1, 0.15) is 0 Å². The molecule has 2 rings (SSSR count). The van der Waals surface area contributed by atoms with Crippen LogP contribution in [-0.4, -0.2) is 18.9 Å². The molecular weight excluding hydrogens is 255 g/mol. The first-order chi connectivity index (χ1) is 8.98. The van der Waals surface area contributed by atoms with Crippen LogP contribution in [0.15, 0.2) is 24.3 Å². The molecule has 2 nitrogen and oxygen atoms in total. The van der Waals surface area contributed by atoms with Gasteiger partial charge >= 0.3 is 6.18 Å². The molecule has 19 heavy (non-hydrogen) atoms. The van der Waals surface area contributed by atoms with E-state index in [0.29, 0.717) is 0 Å². The summed E-state index contributed by atoms with van der Waals surface area (Å²) in [6.07, 6.45) is -2.57. The molecule has 1 aromatic carbocycles. The Balaban J connectivity index is 2.14. The molecule has 0 aliphatic carbocycles. The van der Waals surface area contributed by atoms with E-state index in [-0.39, 0.29) is 17.9 Å². The minimum absolute atomic E-state index is 0.190. The summed E-state index contributed by atoms with van der Waals surface area (Å²) >= 11 is 0. The maximum Gasteiger partial charge on any atom is 0.417 e. The van der Waals surface area contributed by atoms with Gasteiger partial charge in [-0.3, -0.25) is 4.79 Å². The predicted octanol–water partition coefficient (Wildman–Crippen LogP) is 3.28. The third-order valence-electron chi connectivity index (χ3n) is 3.47. The van der Waals surface area contributed by atoms with Crippen molar-refractivity contribution in [2.45, 2.75) is 25.4 Å². The number of rotatable bonds is 3. The van der Waals surface area contributed by atoms with Gasteiger partial charge in [-0.1, -0.05) is 18.2 Å². The van der Waals surface area contributed by atoms with Crippen LogP contribution in [0.5, 0.6) is 0 Å². The Bertz CT molecular complexity index is 450. The van der Waals surface area contributed by atoms with Crippen LogP contribution in [0.4, 0.5) is 13.2 Å². The van der Waals surface area contributed by atoms with Crippen molar-refractivity contribution < 1.29 is 18.0 Å². The number of hydrogen-bond donors (Lipinski definition) is 1. The van der Waals surface area contributed by atoms with Gasteiger partial charge in [0.25, 0.3) is 0 Å². The fourth-order valence-electron chi connectivity index (χ4n) is 2.43. The molecule has 1 N–H and O–H groups in total. The molecule has 0 bridgehead atoms. The van der Waals surface area contributed by atoms with Crippen LogP contribution in [0.3, 0.4) is 0 Å². The molecule has 0 saturated carbocycles. The number of hydrogen-bond acceptors (Lipinski definition) is 2. The molecule has 104 valence electrons. The van der Waals surface area contributed by atoms with Crippen molar-refractivity contribution in [1.29, 1.82) is 0 Å². The maximum absolute atomic E-state index is 12.8. The third-order valence-corrected chi connectivity index (χ3v) is 3.47. The maximum atomic E-state index is 12.8. The van der Waals surface area contributed by atoms with Gasteiger partial charge in [-0.05, 0) is 37.9 Å². The Morgan fingerprint density at radius 2 is 1.84 bits per heavy atom. The Hall–Kier alpha value is -1.36. The van der Waals surface area contributed by atoms with Crippen LogP contribution < -0.4 is 5.32 Å². The smallest absolute Gasteiger partial charge is 0.317 e. The standard InChI is InChI=1S/C14H16F3NO/c15-14(16,17)12-4-2-1-3-11(12)13(19)9-10-5-7-18-8-6-10/h1-4,10,18H,5-9H2. The normalized spacial score (nSPS) is 17.4. The fraction of sp³-hybridized carbons (Fsp3) is 0.500. The van der Waals surface area contributed by atoms with Crippen molar-refractivity contribution in [3.8, 4) is 0 Å². The van der Waals surface area contributed by atoms with Crippen LogP contribution in [0.2, 0.25) is 0 Å². The SMILES string of the molecule is O=C(CC1CCNCC1)c1ccccc1C(F)(F)F. The summed E-state index contributed by atoms with van der Waals surface area (Å²) in [7, 11) is 0. The molecule has 1 aromatic rings. The van der Waals surface area contributed by atoms with E-state index in [1.807, 2.05) is 0 Å². The number of carbonyl (C=O) groups is 1. The molecule has 0 unspecified atom stereocenters. The Morgan fingerprint density at radius 3 is 2.47 bits per heavy atom. The molecule has 0 radical (unpaired) electrons. The number of piperidine rings is 1. The van der Waals surface area contributed by atoms with E-state index < -0.39 is 17.5 Å². The summed E-state index contributed by atoms with van der Waals surface area (Å²) in [5.41, 5.74) is -1.03. The Labute approximate surface area is 110 Å². The Kier molecular flexibility index (Phi) is 4.24. The molecule has 1 aliphatic heterocycles. The number of benzene rings is 1. The van der Waals surface area contributed by atoms with E-state index in [1.165, 1.54) is 18.2 Å². The summed E-state index contributed by atoms with van der Waals surface area (Å²) in [4.78, 5) is 12.1. The number of halogens is 3. The summed E-state index contributed by atoms with van der Waals surface area (Å²) in [6.45, 7) is 1.66. The van der Waals surface area contributed by atoms with Crippen LogP contribution in [0.1, 0.15) is 35.2 Å². The second kappa shape index (κ2) is 5.74. The van der Waals surface area contributed by atoms with Crippen molar-refractivity contribution in [3.05, 3.63) is 35.4 Å². The molecule has 1 aliphatic rings. The minimum Gasteiger partial charge on any atom is -0.317 e. The van der Waals surface area contributed by atoms with Gasteiger partial charge < -0.3 is 5.32 Å². The van der Waals surface area contributed by atoms with Gasteiger partial charge in [0.05, 0.1) is 5.56 Å². The van der Waals surface area contributed by atoms with E-state index >= 15 is 0 Å². The lowest BCUT2D eigenvalue weighted by molar-refractivity contribution is -0.137. The fourth-order valence-corrected chi connectivity index (χ4v) is 2.43. The zero-order valence-corrected chi connectivity index (χ0v) is 10.5. The number of Topliss-reactive ketones (excluding diaryl/α,β-unsaturated/α-hetero) is 1. The van der Waals surface area contributed by atoms with Gasteiger partial charge in [0.2, 0.25) is 0 Å². The molecule has 0 atom stereocenters. The van der Waals surface area contributed by atoms with E-state index in [0.717, 1.165) is 32.0 Å². The van der Waals surface area contributed by atoms with Crippen LogP contribution >= 0.6 is 0 Å². The largest absolute Gasteiger partial charge is 0.417 e. The van der Waals surface area contributed by atoms with Gasteiger partial charge in [0.15, 0.2) is 5.78 Å². The summed E-state index contributed by atoms with van der Waals surface area (Å²) < 4.78 is 38.5. The molecule has 1 fully saturated rings. The second-order valence-corrected chi connectivity index (χ2v) is 4.86. The van der Waals surface area contributed by atoms with Crippen LogP contribution in [0, 0.1) is 5.92 Å². The van der Waals surface area contributed by atoms with Crippen molar-refractivity contribution in [2.75, 3.05) is 13.1 Å². The molecule has 1 heterocycles. The topological polar surface area (TPSA) is 29.1 Å². The van der Waals surface area contributed by atoms with Gasteiger partial charge in [-0.15, -0.1) is 0 Å². The van der Waals surface area contributed by atoms with E-state index in [2.05, 4.69) is 5.32 Å². The van der Waals surface area contributed by atoms with E-state index in [4.69, 9.17) is 0 Å². The predicted molar refractivity (Wildman–Crippen MR) is 66.0 cm³/mol. The molecule has 0 spiro atoms. The van der Waals surface area contributed by atoms with E-state index in [9.17, 15) is 18.0 Å².